The summed E-state index contributed by atoms with van der Waals surface area (Å²) in [5.41, 5.74) is 0.112. The van der Waals surface area contributed by atoms with Crippen molar-refractivity contribution in [2.24, 2.45) is 5.92 Å². The number of nitriles is 1. The first-order valence-electron chi connectivity index (χ1n) is 6.93. The number of esters is 1. The van der Waals surface area contributed by atoms with Gasteiger partial charge in [0.1, 0.15) is 0 Å². The third-order valence-corrected chi connectivity index (χ3v) is 4.32. The van der Waals surface area contributed by atoms with Gasteiger partial charge in [0.15, 0.2) is 11.5 Å². The van der Waals surface area contributed by atoms with Crippen molar-refractivity contribution in [1.82, 2.24) is 0 Å². The van der Waals surface area contributed by atoms with Crippen molar-refractivity contribution in [3.63, 3.8) is 0 Å². The molecule has 21 heavy (non-hydrogen) atoms. The Bertz CT molecular complexity index is 568. The zero-order chi connectivity index (χ0) is 15.5. The number of rotatable bonds is 3. The first kappa shape index (κ1) is 15.2. The molecule has 0 amide bonds. The Kier molecular flexibility index (Phi) is 4.37. The number of nitrogens with zero attached hydrogens (tertiary/aromatic N) is 1. The number of hydrogen-bond donors (Lipinski definition) is 1. The topological polar surface area (TPSA) is 79.5 Å². The molecule has 1 fully saturated rings. The van der Waals surface area contributed by atoms with Crippen LogP contribution in [0.25, 0.3) is 0 Å². The van der Waals surface area contributed by atoms with Crippen molar-refractivity contribution < 1.29 is 19.4 Å². The number of phenolic OH excluding ortho intramolecular Hbond substituents is 1. The minimum Gasteiger partial charge on any atom is -0.504 e. The maximum atomic E-state index is 11.6. The average molecular weight is 289 g/mol. The molecule has 2 rings (SSSR count). The Morgan fingerprint density at radius 2 is 2.05 bits per heavy atom. The first-order valence-corrected chi connectivity index (χ1v) is 6.93. The molecule has 112 valence electrons. The molecule has 1 saturated carbocycles. The van der Waals surface area contributed by atoms with E-state index in [9.17, 15) is 15.2 Å². The molecule has 0 unspecified atom stereocenters. The van der Waals surface area contributed by atoms with Crippen molar-refractivity contribution in [3.05, 3.63) is 23.8 Å². The van der Waals surface area contributed by atoms with E-state index in [4.69, 9.17) is 9.47 Å². The first-order chi connectivity index (χ1) is 10.1. The third-order valence-electron chi connectivity index (χ3n) is 4.32. The molecule has 1 aromatic rings. The van der Waals surface area contributed by atoms with Gasteiger partial charge in [-0.2, -0.15) is 5.26 Å². The van der Waals surface area contributed by atoms with Gasteiger partial charge in [-0.1, -0.05) is 6.07 Å². The van der Waals surface area contributed by atoms with Gasteiger partial charge in [-0.3, -0.25) is 4.79 Å². The van der Waals surface area contributed by atoms with Gasteiger partial charge in [-0.15, -0.1) is 0 Å². The smallest absolute Gasteiger partial charge is 0.308 e. The molecule has 1 N–H and O–H groups in total. The van der Waals surface area contributed by atoms with E-state index >= 15 is 0 Å². The lowest BCUT2D eigenvalue weighted by atomic mass is 9.67. The van der Waals surface area contributed by atoms with Crippen LogP contribution in [-0.4, -0.2) is 25.3 Å². The molecule has 0 radical (unpaired) electrons. The lowest BCUT2D eigenvalue weighted by molar-refractivity contribution is -0.146. The lowest BCUT2D eigenvalue weighted by Crippen LogP contribution is -2.33. The maximum absolute atomic E-state index is 11.6. The number of benzene rings is 1. The second-order valence-electron chi connectivity index (χ2n) is 5.38. The van der Waals surface area contributed by atoms with Crippen molar-refractivity contribution in [2.75, 3.05) is 14.2 Å². The third kappa shape index (κ3) is 2.80. The fourth-order valence-electron chi connectivity index (χ4n) is 2.97. The Morgan fingerprint density at radius 1 is 1.38 bits per heavy atom. The molecular formula is C16H19NO4. The summed E-state index contributed by atoms with van der Waals surface area (Å²) < 4.78 is 9.79. The standard InChI is InChI=1S/C16H19NO4/c1-20-14-4-3-12(9-13(14)18)16(10-17)7-5-11(6-8-16)15(19)21-2/h3-4,9,11,18H,5-8H2,1-2H3/t11-,16+. The molecule has 1 aliphatic rings. The van der Waals surface area contributed by atoms with E-state index in [1.54, 1.807) is 18.2 Å². The quantitative estimate of drug-likeness (QED) is 0.865. The fraction of sp³-hybridized carbons (Fsp3) is 0.500. The number of aromatic hydroxyl groups is 1. The van der Waals surface area contributed by atoms with E-state index in [-0.39, 0.29) is 17.6 Å². The predicted octanol–water partition coefficient (Wildman–Crippen LogP) is 2.53. The van der Waals surface area contributed by atoms with Crippen LogP contribution in [0.15, 0.2) is 18.2 Å². The summed E-state index contributed by atoms with van der Waals surface area (Å²) in [4.78, 5) is 11.6. The lowest BCUT2D eigenvalue weighted by Gasteiger charge is -2.34. The summed E-state index contributed by atoms with van der Waals surface area (Å²) >= 11 is 0. The molecule has 0 aliphatic heterocycles. The number of ether oxygens (including phenoxy) is 2. The van der Waals surface area contributed by atoms with E-state index < -0.39 is 5.41 Å². The molecule has 5 heteroatoms. The van der Waals surface area contributed by atoms with Crippen LogP contribution in [0.4, 0.5) is 0 Å². The van der Waals surface area contributed by atoms with Gasteiger partial charge in [0.05, 0.1) is 31.6 Å². The zero-order valence-corrected chi connectivity index (χ0v) is 12.3. The molecule has 1 aromatic carbocycles. The Hall–Kier alpha value is -2.22. The van der Waals surface area contributed by atoms with Gasteiger partial charge in [0.2, 0.25) is 0 Å². The second kappa shape index (κ2) is 6.04. The van der Waals surface area contributed by atoms with Crippen molar-refractivity contribution >= 4 is 5.97 Å². The SMILES string of the molecule is COc1ccc([C@]2(C#N)CC[C@H](C(=O)OC)CC2)cc1O. The minimum absolute atomic E-state index is 0.0275. The van der Waals surface area contributed by atoms with Gasteiger partial charge >= 0.3 is 5.97 Å². The highest BCUT2D eigenvalue weighted by molar-refractivity contribution is 5.72. The predicted molar refractivity (Wildman–Crippen MR) is 75.9 cm³/mol. The van der Waals surface area contributed by atoms with E-state index in [0.717, 1.165) is 5.56 Å². The maximum Gasteiger partial charge on any atom is 0.308 e. The van der Waals surface area contributed by atoms with Crippen molar-refractivity contribution in [1.29, 1.82) is 5.26 Å². The number of carbonyl (C=O) groups is 1. The van der Waals surface area contributed by atoms with Gasteiger partial charge in [-0.25, -0.2) is 0 Å². The summed E-state index contributed by atoms with van der Waals surface area (Å²) in [6.45, 7) is 0. The van der Waals surface area contributed by atoms with E-state index in [1.165, 1.54) is 14.2 Å². The zero-order valence-electron chi connectivity index (χ0n) is 12.3. The molecule has 0 spiro atoms. The van der Waals surface area contributed by atoms with E-state index in [0.29, 0.717) is 31.4 Å². The summed E-state index contributed by atoms with van der Waals surface area (Å²) in [5, 5.41) is 19.5. The largest absolute Gasteiger partial charge is 0.504 e. The summed E-state index contributed by atoms with van der Waals surface area (Å²) in [7, 11) is 2.87. The minimum atomic E-state index is -0.658. The summed E-state index contributed by atoms with van der Waals surface area (Å²) in [6.07, 6.45) is 2.39. The normalized spacial score (nSPS) is 24.9. The van der Waals surface area contributed by atoms with E-state index in [1.807, 2.05) is 0 Å². The van der Waals surface area contributed by atoms with Crippen molar-refractivity contribution in [2.45, 2.75) is 31.1 Å². The van der Waals surface area contributed by atoms with Gasteiger partial charge in [0, 0.05) is 0 Å². The van der Waals surface area contributed by atoms with Gasteiger partial charge in [0.25, 0.3) is 0 Å². The fourth-order valence-corrected chi connectivity index (χ4v) is 2.97. The molecule has 1 aliphatic carbocycles. The summed E-state index contributed by atoms with van der Waals surface area (Å²) in [5.74, 6) is 0.0669. The van der Waals surface area contributed by atoms with Crippen LogP contribution in [0, 0.1) is 17.2 Å². The van der Waals surface area contributed by atoms with Crippen LogP contribution in [0.1, 0.15) is 31.2 Å². The molecule has 0 aromatic heterocycles. The molecule has 0 atom stereocenters. The molecular weight excluding hydrogens is 270 g/mol. The number of hydrogen-bond acceptors (Lipinski definition) is 5. The van der Waals surface area contributed by atoms with Crippen LogP contribution in [0.5, 0.6) is 11.5 Å². The number of methoxy groups -OCH3 is 2. The van der Waals surface area contributed by atoms with Crippen LogP contribution >= 0.6 is 0 Å². The Balaban J connectivity index is 2.23. The van der Waals surface area contributed by atoms with E-state index in [2.05, 4.69) is 6.07 Å². The monoisotopic (exact) mass is 289 g/mol. The highest BCUT2D eigenvalue weighted by atomic mass is 16.5. The Morgan fingerprint density at radius 3 is 2.52 bits per heavy atom. The number of phenols is 1. The van der Waals surface area contributed by atoms with Crippen LogP contribution in [0.2, 0.25) is 0 Å². The van der Waals surface area contributed by atoms with Crippen LogP contribution in [-0.2, 0) is 14.9 Å². The molecule has 0 saturated heterocycles. The summed E-state index contributed by atoms with van der Waals surface area (Å²) in [6, 6.07) is 7.42. The molecule has 0 bridgehead atoms. The highest BCUT2D eigenvalue weighted by Crippen LogP contribution is 2.43. The van der Waals surface area contributed by atoms with Gasteiger partial charge < -0.3 is 14.6 Å². The number of carbonyl (C=O) groups excluding carboxylic acids is 1. The highest BCUT2D eigenvalue weighted by Gasteiger charge is 2.39. The van der Waals surface area contributed by atoms with Gasteiger partial charge in [-0.05, 0) is 43.4 Å². The van der Waals surface area contributed by atoms with Crippen molar-refractivity contribution in [3.8, 4) is 17.6 Å². The second-order valence-corrected chi connectivity index (χ2v) is 5.38. The Labute approximate surface area is 124 Å². The molecule has 5 nitrogen and oxygen atoms in total. The average Bonchev–Trinajstić information content (AvgIpc) is 2.54. The van der Waals surface area contributed by atoms with Crippen LogP contribution in [0.3, 0.4) is 0 Å². The molecule has 0 heterocycles. The van der Waals surface area contributed by atoms with Crippen LogP contribution < -0.4 is 4.74 Å².